The molecule has 2 atom stereocenters. The molecule has 4 heteroatoms. The lowest BCUT2D eigenvalue weighted by Gasteiger charge is -2.36. The molecule has 0 aromatic heterocycles. The van der Waals surface area contributed by atoms with Crippen molar-refractivity contribution < 1.29 is 9.53 Å². The summed E-state index contributed by atoms with van der Waals surface area (Å²) in [7, 11) is 0. The van der Waals surface area contributed by atoms with Crippen LogP contribution >= 0.6 is 0 Å². The van der Waals surface area contributed by atoms with Gasteiger partial charge in [0.15, 0.2) is 0 Å². The second-order valence-electron chi connectivity index (χ2n) is 5.80. The Morgan fingerprint density at radius 3 is 2.63 bits per heavy atom. The molecule has 1 heterocycles. The summed E-state index contributed by atoms with van der Waals surface area (Å²) < 4.78 is 5.05. The highest BCUT2D eigenvalue weighted by Gasteiger charge is 2.24. The van der Waals surface area contributed by atoms with Gasteiger partial charge in [-0.05, 0) is 47.1 Å². The van der Waals surface area contributed by atoms with Gasteiger partial charge in [-0.15, -0.1) is 0 Å². The number of piperidine rings is 1. The van der Waals surface area contributed by atoms with Crippen LogP contribution in [0.3, 0.4) is 0 Å². The lowest BCUT2D eigenvalue weighted by atomic mass is 10.0. The van der Waals surface area contributed by atoms with Crippen molar-refractivity contribution in [3.8, 4) is 0 Å². The molecule has 0 amide bonds. The van der Waals surface area contributed by atoms with E-state index in [9.17, 15) is 4.79 Å². The second-order valence-corrected chi connectivity index (χ2v) is 5.80. The molecule has 4 nitrogen and oxygen atoms in total. The van der Waals surface area contributed by atoms with E-state index in [-0.39, 0.29) is 12.0 Å². The normalized spacial score (nSPS) is 21.7. The lowest BCUT2D eigenvalue weighted by molar-refractivity contribution is -0.144. The molecule has 1 rings (SSSR count). The van der Waals surface area contributed by atoms with E-state index in [1.165, 1.54) is 19.3 Å². The number of nitrogens with one attached hydrogen (secondary N) is 1. The van der Waals surface area contributed by atoms with Crippen molar-refractivity contribution in [2.75, 3.05) is 19.7 Å². The lowest BCUT2D eigenvalue weighted by Crippen LogP contribution is -2.49. The Morgan fingerprint density at radius 2 is 2.11 bits per heavy atom. The number of hydrogen-bond donors (Lipinski definition) is 1. The Labute approximate surface area is 117 Å². The fourth-order valence-electron chi connectivity index (χ4n) is 2.81. The van der Waals surface area contributed by atoms with E-state index in [4.69, 9.17) is 4.74 Å². The van der Waals surface area contributed by atoms with E-state index in [1.807, 2.05) is 6.92 Å². The first-order valence-electron chi connectivity index (χ1n) is 7.69. The molecule has 1 aliphatic heterocycles. The standard InChI is InChI=1S/C15H30N2O2/c1-5-19-15(18)10-13(4)17(12(2)3)11-14-8-6-7-9-16-14/h12-14,16H,5-11H2,1-4H3. The van der Waals surface area contributed by atoms with Crippen LogP contribution < -0.4 is 5.32 Å². The van der Waals surface area contributed by atoms with Crippen molar-refractivity contribution in [1.29, 1.82) is 0 Å². The molecule has 19 heavy (non-hydrogen) atoms. The van der Waals surface area contributed by atoms with Gasteiger partial charge in [-0.25, -0.2) is 0 Å². The summed E-state index contributed by atoms with van der Waals surface area (Å²) in [6.45, 7) is 11.0. The Bertz CT molecular complexity index is 263. The molecule has 0 aromatic carbocycles. The van der Waals surface area contributed by atoms with Gasteiger partial charge in [0.2, 0.25) is 0 Å². The third-order valence-corrected chi connectivity index (χ3v) is 3.84. The largest absolute Gasteiger partial charge is 0.466 e. The van der Waals surface area contributed by atoms with Crippen LogP contribution in [0.4, 0.5) is 0 Å². The number of carbonyl (C=O) groups excluding carboxylic acids is 1. The quantitative estimate of drug-likeness (QED) is 0.720. The second kappa shape index (κ2) is 8.54. The molecule has 0 radical (unpaired) electrons. The van der Waals surface area contributed by atoms with Crippen LogP contribution in [0.15, 0.2) is 0 Å². The molecule has 0 aliphatic carbocycles. The Balaban J connectivity index is 2.47. The van der Waals surface area contributed by atoms with E-state index in [0.29, 0.717) is 25.1 Å². The predicted octanol–water partition coefficient (Wildman–Crippen LogP) is 2.18. The van der Waals surface area contributed by atoms with Crippen LogP contribution in [0, 0.1) is 0 Å². The molecular weight excluding hydrogens is 240 g/mol. The fraction of sp³-hybridized carbons (Fsp3) is 0.933. The van der Waals surface area contributed by atoms with Crippen LogP contribution in [0.2, 0.25) is 0 Å². The van der Waals surface area contributed by atoms with Crippen molar-refractivity contribution in [3.63, 3.8) is 0 Å². The minimum Gasteiger partial charge on any atom is -0.466 e. The van der Waals surface area contributed by atoms with Crippen LogP contribution in [-0.2, 0) is 9.53 Å². The van der Waals surface area contributed by atoms with Crippen molar-refractivity contribution in [1.82, 2.24) is 10.2 Å². The van der Waals surface area contributed by atoms with E-state index in [2.05, 4.69) is 31.0 Å². The van der Waals surface area contributed by atoms with Crippen LogP contribution in [-0.4, -0.2) is 48.7 Å². The van der Waals surface area contributed by atoms with Gasteiger partial charge in [0.1, 0.15) is 0 Å². The first-order valence-corrected chi connectivity index (χ1v) is 7.69. The summed E-state index contributed by atoms with van der Waals surface area (Å²) in [6, 6.07) is 1.26. The van der Waals surface area contributed by atoms with Crippen molar-refractivity contribution in [2.24, 2.45) is 0 Å². The van der Waals surface area contributed by atoms with Gasteiger partial charge in [0, 0.05) is 24.7 Å². The fourth-order valence-corrected chi connectivity index (χ4v) is 2.81. The number of hydrogen-bond acceptors (Lipinski definition) is 4. The molecule has 0 saturated carbocycles. The molecule has 0 aromatic rings. The highest BCUT2D eigenvalue weighted by atomic mass is 16.5. The zero-order chi connectivity index (χ0) is 14.3. The summed E-state index contributed by atoms with van der Waals surface area (Å²) in [4.78, 5) is 14.0. The zero-order valence-corrected chi connectivity index (χ0v) is 12.9. The maximum absolute atomic E-state index is 11.6. The van der Waals surface area contributed by atoms with Gasteiger partial charge < -0.3 is 10.1 Å². The number of nitrogens with zero attached hydrogens (tertiary/aromatic N) is 1. The molecule has 0 bridgehead atoms. The van der Waals surface area contributed by atoms with Crippen molar-refractivity contribution in [2.45, 2.75) is 71.5 Å². The SMILES string of the molecule is CCOC(=O)CC(C)N(CC1CCCCN1)C(C)C. The zero-order valence-electron chi connectivity index (χ0n) is 12.9. The third-order valence-electron chi connectivity index (χ3n) is 3.84. The Morgan fingerprint density at radius 1 is 1.37 bits per heavy atom. The molecule has 1 saturated heterocycles. The van der Waals surface area contributed by atoms with Crippen LogP contribution in [0.5, 0.6) is 0 Å². The van der Waals surface area contributed by atoms with Crippen molar-refractivity contribution in [3.05, 3.63) is 0 Å². The molecule has 1 aliphatic rings. The summed E-state index contributed by atoms with van der Waals surface area (Å²) in [6.07, 6.45) is 4.33. The summed E-state index contributed by atoms with van der Waals surface area (Å²) in [5.74, 6) is -0.0859. The number of rotatable bonds is 7. The molecule has 112 valence electrons. The highest BCUT2D eigenvalue weighted by molar-refractivity contribution is 5.70. The molecular formula is C15H30N2O2. The van der Waals surface area contributed by atoms with Crippen molar-refractivity contribution >= 4 is 5.97 Å². The average molecular weight is 270 g/mol. The van der Waals surface area contributed by atoms with Crippen LogP contribution in [0.25, 0.3) is 0 Å². The minimum atomic E-state index is -0.0859. The van der Waals surface area contributed by atoms with Crippen LogP contribution in [0.1, 0.15) is 53.4 Å². The third kappa shape index (κ3) is 5.91. The maximum atomic E-state index is 11.6. The summed E-state index contributed by atoms with van der Waals surface area (Å²) in [5.41, 5.74) is 0. The van der Waals surface area contributed by atoms with Gasteiger partial charge in [-0.1, -0.05) is 6.42 Å². The van der Waals surface area contributed by atoms with Gasteiger partial charge in [-0.3, -0.25) is 9.69 Å². The van der Waals surface area contributed by atoms with E-state index in [0.717, 1.165) is 13.1 Å². The van der Waals surface area contributed by atoms with E-state index < -0.39 is 0 Å². The molecule has 1 fully saturated rings. The molecule has 2 unspecified atom stereocenters. The van der Waals surface area contributed by atoms with Gasteiger partial charge in [0.25, 0.3) is 0 Å². The topological polar surface area (TPSA) is 41.6 Å². The first-order chi connectivity index (χ1) is 9.04. The minimum absolute atomic E-state index is 0.0859. The summed E-state index contributed by atoms with van der Waals surface area (Å²) in [5, 5.41) is 3.58. The summed E-state index contributed by atoms with van der Waals surface area (Å²) >= 11 is 0. The smallest absolute Gasteiger partial charge is 0.307 e. The average Bonchev–Trinajstić information content (AvgIpc) is 2.36. The van der Waals surface area contributed by atoms with E-state index >= 15 is 0 Å². The number of ether oxygens (including phenoxy) is 1. The number of carbonyl (C=O) groups is 1. The van der Waals surface area contributed by atoms with Gasteiger partial charge in [0.05, 0.1) is 13.0 Å². The Hall–Kier alpha value is -0.610. The predicted molar refractivity (Wildman–Crippen MR) is 78.2 cm³/mol. The number of esters is 1. The Kier molecular flexibility index (Phi) is 7.39. The monoisotopic (exact) mass is 270 g/mol. The highest BCUT2D eigenvalue weighted by Crippen LogP contribution is 2.15. The molecule has 1 N–H and O–H groups in total. The van der Waals surface area contributed by atoms with Gasteiger partial charge >= 0.3 is 5.97 Å². The first kappa shape index (κ1) is 16.4. The van der Waals surface area contributed by atoms with Gasteiger partial charge in [-0.2, -0.15) is 0 Å². The maximum Gasteiger partial charge on any atom is 0.307 e. The van der Waals surface area contributed by atoms with E-state index in [1.54, 1.807) is 0 Å². The molecule has 0 spiro atoms.